The molecule has 14 nitrogen and oxygen atoms in total. The highest BCUT2D eigenvalue weighted by Gasteiger charge is 2.41. The third kappa shape index (κ3) is 8.79. The number of carbonyl (C=O) groups excluding carboxylic acids is 5. The summed E-state index contributed by atoms with van der Waals surface area (Å²) in [5, 5.41) is 12.5. The van der Waals surface area contributed by atoms with Crippen LogP contribution in [-0.2, 0) is 23.9 Å². The molecule has 44 heavy (non-hydrogen) atoms. The number of methoxy groups -OCH3 is 2. The van der Waals surface area contributed by atoms with Gasteiger partial charge in [0.2, 0.25) is 18.1 Å². The normalized spacial score (nSPS) is 11.6. The molecule has 0 unspecified atom stereocenters. The lowest BCUT2D eigenvalue weighted by atomic mass is 10.1. The Kier molecular flexibility index (Phi) is 11.4. The second-order valence-corrected chi connectivity index (χ2v) is 8.88. The smallest absolute Gasteiger partial charge is 0.349 e. The van der Waals surface area contributed by atoms with Crippen molar-refractivity contribution in [3.63, 3.8) is 0 Å². The molecule has 0 saturated heterocycles. The summed E-state index contributed by atoms with van der Waals surface area (Å²) in [7, 11) is 2.71. The van der Waals surface area contributed by atoms with E-state index in [1.165, 1.54) is 87.0 Å². The zero-order valence-electron chi connectivity index (χ0n) is 23.8. The Hall–Kier alpha value is -5.92. The van der Waals surface area contributed by atoms with Gasteiger partial charge in [-0.15, -0.1) is 0 Å². The lowest BCUT2D eigenvalue weighted by molar-refractivity contribution is -0.159. The quantitative estimate of drug-likeness (QED) is 0.174. The van der Waals surface area contributed by atoms with Crippen LogP contribution in [-0.4, -0.2) is 67.2 Å². The number of benzene rings is 3. The summed E-state index contributed by atoms with van der Waals surface area (Å²) in [6.45, 7) is 1.68. The van der Waals surface area contributed by atoms with Gasteiger partial charge in [0.15, 0.2) is 0 Å². The van der Waals surface area contributed by atoms with Crippen molar-refractivity contribution in [2.45, 2.75) is 25.6 Å². The maximum absolute atomic E-state index is 13.2. The molecule has 3 rings (SSSR count). The molecule has 0 aliphatic rings. The average molecular weight is 608 g/mol. The monoisotopic (exact) mass is 607 g/mol. The number of ether oxygens (including phenoxy) is 4. The molecule has 14 heteroatoms. The highest BCUT2D eigenvalue weighted by atomic mass is 16.6. The van der Waals surface area contributed by atoms with Crippen LogP contribution >= 0.6 is 0 Å². The third-order valence-corrected chi connectivity index (χ3v) is 5.91. The highest BCUT2D eigenvalue weighted by Crippen LogP contribution is 2.19. The van der Waals surface area contributed by atoms with Crippen molar-refractivity contribution >= 4 is 41.3 Å². The van der Waals surface area contributed by atoms with Crippen molar-refractivity contribution in [2.75, 3.05) is 19.5 Å². The van der Waals surface area contributed by atoms with Crippen molar-refractivity contribution in [1.82, 2.24) is 10.9 Å². The molecule has 0 spiro atoms. The topological polar surface area (TPSA) is 196 Å². The summed E-state index contributed by atoms with van der Waals surface area (Å²) in [6.07, 6.45) is -4.36. The van der Waals surface area contributed by atoms with Gasteiger partial charge in [0.1, 0.15) is 11.5 Å². The number of amides is 3. The molecule has 3 amide bonds. The van der Waals surface area contributed by atoms with Crippen LogP contribution in [0.2, 0.25) is 0 Å². The summed E-state index contributed by atoms with van der Waals surface area (Å²) < 4.78 is 20.5. The third-order valence-electron chi connectivity index (χ3n) is 5.91. The number of hydrogen-bond donors (Lipinski definition) is 4. The largest absolute Gasteiger partial charge is 0.497 e. The van der Waals surface area contributed by atoms with E-state index in [9.17, 15) is 33.9 Å². The van der Waals surface area contributed by atoms with Crippen molar-refractivity contribution in [2.24, 2.45) is 0 Å². The van der Waals surface area contributed by atoms with Gasteiger partial charge in [-0.25, -0.2) is 14.4 Å². The van der Waals surface area contributed by atoms with Crippen LogP contribution in [0.3, 0.4) is 0 Å². The molecule has 0 bridgehead atoms. The summed E-state index contributed by atoms with van der Waals surface area (Å²) in [5.41, 5.74) is 4.36. The van der Waals surface area contributed by atoms with E-state index < -0.39 is 41.9 Å². The fourth-order valence-corrected chi connectivity index (χ4v) is 3.58. The number of hydrogen-bond acceptors (Lipinski definition) is 10. The number of nitrogens with one attached hydrogen (secondary N) is 3. The van der Waals surface area contributed by atoms with Crippen molar-refractivity contribution in [1.29, 1.82) is 0 Å². The van der Waals surface area contributed by atoms with Gasteiger partial charge in [-0.3, -0.25) is 25.2 Å². The van der Waals surface area contributed by atoms with E-state index >= 15 is 0 Å². The number of carboxylic acid groups (broad SMARTS) is 1. The fourth-order valence-electron chi connectivity index (χ4n) is 3.58. The molecule has 0 radical (unpaired) electrons. The van der Waals surface area contributed by atoms with E-state index in [0.717, 1.165) is 0 Å². The van der Waals surface area contributed by atoms with Gasteiger partial charge in [0.05, 0.1) is 25.3 Å². The van der Waals surface area contributed by atoms with E-state index in [1.807, 2.05) is 5.43 Å². The summed E-state index contributed by atoms with van der Waals surface area (Å²) >= 11 is 0. The number of carboxylic acids is 1. The Morgan fingerprint density at radius 1 is 0.705 bits per heavy atom. The van der Waals surface area contributed by atoms with Gasteiger partial charge >= 0.3 is 17.9 Å². The number of anilines is 1. The van der Waals surface area contributed by atoms with Crippen LogP contribution in [0, 0.1) is 0 Å². The Morgan fingerprint density at radius 3 is 1.70 bits per heavy atom. The lowest BCUT2D eigenvalue weighted by Gasteiger charge is -2.23. The van der Waals surface area contributed by atoms with Gasteiger partial charge in [-0.05, 0) is 60.7 Å². The van der Waals surface area contributed by atoms with E-state index in [0.29, 0.717) is 5.69 Å². The molecule has 230 valence electrons. The molecule has 4 N–H and O–H groups in total. The highest BCUT2D eigenvalue weighted by molar-refractivity contribution is 5.99. The maximum Gasteiger partial charge on any atom is 0.349 e. The molecule has 0 aliphatic heterocycles. The SMILES string of the molecule is CCC(=O)Nc1ccc(C(=O)NNC(=O)[C@H](OC(=O)c2cccc(OC)c2)[C@@H](OC(=O)c2cccc(OC)c2)C(=O)O)cc1. The Balaban J connectivity index is 1.83. The molecule has 0 fully saturated rings. The Bertz CT molecular complexity index is 1540. The Morgan fingerprint density at radius 2 is 1.23 bits per heavy atom. The molecule has 0 aliphatic carbocycles. The summed E-state index contributed by atoms with van der Waals surface area (Å²) in [5.74, 6) is -5.98. The minimum atomic E-state index is -2.35. The molecule has 0 saturated carbocycles. The first-order chi connectivity index (χ1) is 21.1. The van der Waals surface area contributed by atoms with Crippen LogP contribution in [0.4, 0.5) is 5.69 Å². The van der Waals surface area contributed by atoms with Crippen molar-refractivity contribution < 1.29 is 52.8 Å². The predicted molar refractivity (Wildman–Crippen MR) is 153 cm³/mol. The molecule has 3 aromatic carbocycles. The van der Waals surface area contributed by atoms with Gasteiger partial charge in [-0.2, -0.15) is 0 Å². The number of hydrazine groups is 1. The zero-order valence-corrected chi connectivity index (χ0v) is 23.8. The first-order valence-corrected chi connectivity index (χ1v) is 13.0. The van der Waals surface area contributed by atoms with Crippen molar-refractivity contribution in [3.05, 3.63) is 89.5 Å². The molecular weight excluding hydrogens is 578 g/mol. The van der Waals surface area contributed by atoms with E-state index in [1.54, 1.807) is 6.92 Å². The summed E-state index contributed by atoms with van der Waals surface area (Å²) in [6, 6.07) is 16.8. The number of rotatable bonds is 12. The number of esters is 2. The summed E-state index contributed by atoms with van der Waals surface area (Å²) in [4.78, 5) is 75.4. The van der Waals surface area contributed by atoms with Crippen molar-refractivity contribution in [3.8, 4) is 11.5 Å². The van der Waals surface area contributed by atoms with Gasteiger partial charge in [-0.1, -0.05) is 19.1 Å². The second-order valence-electron chi connectivity index (χ2n) is 8.88. The average Bonchev–Trinajstić information content (AvgIpc) is 3.04. The Labute approximate surface area is 251 Å². The predicted octanol–water partition coefficient (Wildman–Crippen LogP) is 2.35. The van der Waals surface area contributed by atoms with Gasteiger partial charge in [0, 0.05) is 17.7 Å². The van der Waals surface area contributed by atoms with Gasteiger partial charge in [0.25, 0.3) is 11.8 Å². The van der Waals surface area contributed by atoms with E-state index in [4.69, 9.17) is 18.9 Å². The van der Waals surface area contributed by atoms with Crippen LogP contribution in [0.5, 0.6) is 11.5 Å². The standard InChI is InChI=1S/C30H29N3O11/c1-4-23(34)31-20-13-11-17(12-14-20)26(35)32-33-27(36)24(43-29(39)18-7-5-9-21(15-18)41-2)25(28(37)38)44-30(40)19-8-6-10-22(16-19)42-3/h5-16,24-25H,4H2,1-3H3,(H,31,34)(H,32,35)(H,33,36)(H,37,38)/t24-,25-/m1/s1. The van der Waals surface area contributed by atoms with E-state index in [2.05, 4.69) is 10.7 Å². The molecule has 2 atom stereocenters. The minimum absolute atomic E-state index is 0.0592. The molecule has 3 aromatic rings. The van der Waals surface area contributed by atoms with Crippen LogP contribution in [0.1, 0.15) is 44.4 Å². The second kappa shape index (κ2) is 15.3. The van der Waals surface area contributed by atoms with Crippen LogP contribution < -0.4 is 25.6 Å². The lowest BCUT2D eigenvalue weighted by Crippen LogP contribution is -2.54. The molecule has 0 aromatic heterocycles. The van der Waals surface area contributed by atoms with E-state index in [-0.39, 0.29) is 40.5 Å². The maximum atomic E-state index is 13.2. The molecular formula is C30H29N3O11. The first-order valence-electron chi connectivity index (χ1n) is 13.0. The molecule has 0 heterocycles. The first kappa shape index (κ1) is 32.6. The number of aliphatic carboxylic acids is 1. The van der Waals surface area contributed by atoms with Gasteiger partial charge < -0.3 is 29.4 Å². The van der Waals surface area contributed by atoms with Crippen LogP contribution in [0.15, 0.2) is 72.8 Å². The minimum Gasteiger partial charge on any atom is -0.497 e. The van der Waals surface area contributed by atoms with Crippen LogP contribution in [0.25, 0.3) is 0 Å². The number of carbonyl (C=O) groups is 6. The fraction of sp³-hybridized carbons (Fsp3) is 0.200. The zero-order chi connectivity index (χ0) is 32.2.